The van der Waals surface area contributed by atoms with Crippen molar-refractivity contribution in [2.75, 3.05) is 6.54 Å². The number of hydrogen-bond acceptors (Lipinski definition) is 2. The van der Waals surface area contributed by atoms with Gasteiger partial charge >= 0.3 is 0 Å². The van der Waals surface area contributed by atoms with Gasteiger partial charge in [0.15, 0.2) is 0 Å². The van der Waals surface area contributed by atoms with E-state index in [2.05, 4.69) is 16.3 Å². The van der Waals surface area contributed by atoms with E-state index >= 15 is 0 Å². The maximum absolute atomic E-state index is 11.4. The van der Waals surface area contributed by atoms with E-state index in [1.807, 2.05) is 13.0 Å². The van der Waals surface area contributed by atoms with Gasteiger partial charge < -0.3 is 5.32 Å². The third kappa shape index (κ3) is 2.36. The summed E-state index contributed by atoms with van der Waals surface area (Å²) in [5.41, 5.74) is 0.890. The summed E-state index contributed by atoms with van der Waals surface area (Å²) in [5.74, 6) is 2.23. The Morgan fingerprint density at radius 1 is 1.86 bits per heavy atom. The van der Waals surface area contributed by atoms with Crippen molar-refractivity contribution in [2.24, 2.45) is 0 Å². The monoisotopic (exact) mass is 191 g/mol. The van der Waals surface area contributed by atoms with E-state index in [-0.39, 0.29) is 18.5 Å². The van der Waals surface area contributed by atoms with Crippen LogP contribution in [0.4, 0.5) is 0 Å². The molecule has 0 aromatic carbocycles. The highest BCUT2D eigenvalue weighted by atomic mass is 16.2. The number of hydrogen-bond donors (Lipinski definition) is 1. The number of aryl methyl sites for hydroxylation is 1. The SMILES string of the molecule is C#CCNC(=O)C(C)n1ccc(C)n1. The minimum Gasteiger partial charge on any atom is -0.343 e. The van der Waals surface area contributed by atoms with Crippen molar-refractivity contribution in [1.29, 1.82) is 0 Å². The van der Waals surface area contributed by atoms with E-state index in [0.29, 0.717) is 0 Å². The quantitative estimate of drug-likeness (QED) is 0.707. The van der Waals surface area contributed by atoms with E-state index in [9.17, 15) is 4.79 Å². The van der Waals surface area contributed by atoms with E-state index in [1.54, 1.807) is 17.8 Å². The summed E-state index contributed by atoms with van der Waals surface area (Å²) in [6.45, 7) is 3.91. The highest BCUT2D eigenvalue weighted by Gasteiger charge is 2.13. The van der Waals surface area contributed by atoms with Crippen LogP contribution in [0.1, 0.15) is 18.7 Å². The van der Waals surface area contributed by atoms with Crippen LogP contribution >= 0.6 is 0 Å². The Kier molecular flexibility index (Phi) is 3.29. The Morgan fingerprint density at radius 2 is 2.57 bits per heavy atom. The molecular weight excluding hydrogens is 178 g/mol. The second-order valence-corrected chi connectivity index (χ2v) is 3.04. The van der Waals surface area contributed by atoms with Gasteiger partial charge in [-0.05, 0) is 19.9 Å². The predicted octanol–water partition coefficient (Wildman–Crippen LogP) is 0.502. The summed E-state index contributed by atoms with van der Waals surface area (Å²) >= 11 is 0. The number of amides is 1. The van der Waals surface area contributed by atoms with E-state index in [4.69, 9.17) is 6.42 Å². The molecule has 0 aliphatic carbocycles. The molecule has 1 amide bonds. The molecular formula is C10H13N3O. The van der Waals surface area contributed by atoms with Gasteiger partial charge in [0.05, 0.1) is 12.2 Å². The van der Waals surface area contributed by atoms with Crippen LogP contribution in [-0.2, 0) is 4.79 Å². The normalized spacial score (nSPS) is 11.8. The Balaban J connectivity index is 2.62. The lowest BCUT2D eigenvalue weighted by atomic mass is 10.3. The first-order valence-corrected chi connectivity index (χ1v) is 4.38. The molecule has 1 rings (SSSR count). The van der Waals surface area contributed by atoms with Crippen molar-refractivity contribution in [3.05, 3.63) is 18.0 Å². The molecule has 4 nitrogen and oxygen atoms in total. The zero-order chi connectivity index (χ0) is 10.6. The van der Waals surface area contributed by atoms with Gasteiger partial charge in [-0.2, -0.15) is 5.10 Å². The Labute approximate surface area is 83.3 Å². The molecule has 0 aliphatic rings. The number of nitrogens with one attached hydrogen (secondary N) is 1. The number of nitrogens with zero attached hydrogens (tertiary/aromatic N) is 2. The summed E-state index contributed by atoms with van der Waals surface area (Å²) in [7, 11) is 0. The number of carbonyl (C=O) groups excluding carboxylic acids is 1. The average molecular weight is 191 g/mol. The van der Waals surface area contributed by atoms with Crippen LogP contribution in [0.5, 0.6) is 0 Å². The molecule has 14 heavy (non-hydrogen) atoms. The van der Waals surface area contributed by atoms with Crippen LogP contribution in [0.15, 0.2) is 12.3 Å². The van der Waals surface area contributed by atoms with Crippen LogP contribution in [0.3, 0.4) is 0 Å². The number of aromatic nitrogens is 2. The van der Waals surface area contributed by atoms with Gasteiger partial charge in [0.25, 0.3) is 0 Å². The maximum atomic E-state index is 11.4. The Bertz CT molecular complexity index is 362. The fraction of sp³-hybridized carbons (Fsp3) is 0.400. The van der Waals surface area contributed by atoms with Gasteiger partial charge in [0.1, 0.15) is 6.04 Å². The molecule has 1 heterocycles. The fourth-order valence-electron chi connectivity index (χ4n) is 1.05. The molecule has 0 aliphatic heterocycles. The molecule has 1 unspecified atom stereocenters. The predicted molar refractivity (Wildman–Crippen MR) is 53.5 cm³/mol. The molecule has 1 atom stereocenters. The van der Waals surface area contributed by atoms with Crippen LogP contribution in [-0.4, -0.2) is 22.2 Å². The van der Waals surface area contributed by atoms with Gasteiger partial charge in [-0.25, -0.2) is 0 Å². The van der Waals surface area contributed by atoms with Crippen molar-refractivity contribution in [3.63, 3.8) is 0 Å². The zero-order valence-electron chi connectivity index (χ0n) is 8.32. The van der Waals surface area contributed by atoms with Gasteiger partial charge in [0, 0.05) is 6.20 Å². The molecule has 0 radical (unpaired) electrons. The fourth-order valence-corrected chi connectivity index (χ4v) is 1.05. The molecule has 1 aromatic heterocycles. The highest BCUT2D eigenvalue weighted by Crippen LogP contribution is 2.04. The lowest BCUT2D eigenvalue weighted by Crippen LogP contribution is -2.31. The lowest BCUT2D eigenvalue weighted by Gasteiger charge is -2.10. The van der Waals surface area contributed by atoms with Gasteiger partial charge in [-0.15, -0.1) is 6.42 Å². The van der Waals surface area contributed by atoms with Crippen molar-refractivity contribution in [1.82, 2.24) is 15.1 Å². The zero-order valence-corrected chi connectivity index (χ0v) is 8.32. The third-order valence-electron chi connectivity index (χ3n) is 1.88. The summed E-state index contributed by atoms with van der Waals surface area (Å²) < 4.78 is 1.61. The molecule has 1 aromatic rings. The van der Waals surface area contributed by atoms with Crippen LogP contribution in [0, 0.1) is 19.3 Å². The van der Waals surface area contributed by atoms with Gasteiger partial charge in [-0.3, -0.25) is 9.48 Å². The summed E-state index contributed by atoms with van der Waals surface area (Å²) in [4.78, 5) is 11.4. The molecule has 1 N–H and O–H groups in total. The minimum absolute atomic E-state index is 0.119. The number of terminal acetylenes is 1. The van der Waals surface area contributed by atoms with Crippen LogP contribution in [0.25, 0.3) is 0 Å². The summed E-state index contributed by atoms with van der Waals surface area (Å²) in [6, 6.07) is 1.53. The molecule has 0 bridgehead atoms. The second-order valence-electron chi connectivity index (χ2n) is 3.04. The average Bonchev–Trinajstić information content (AvgIpc) is 2.60. The Morgan fingerprint density at radius 3 is 3.07 bits per heavy atom. The molecule has 4 heteroatoms. The second kappa shape index (κ2) is 4.47. The highest BCUT2D eigenvalue weighted by molar-refractivity contribution is 5.79. The Hall–Kier alpha value is -1.76. The van der Waals surface area contributed by atoms with Gasteiger partial charge in [-0.1, -0.05) is 5.92 Å². The first-order chi connectivity index (χ1) is 6.65. The molecule has 0 fully saturated rings. The van der Waals surface area contributed by atoms with Crippen LogP contribution in [0.2, 0.25) is 0 Å². The molecule has 0 saturated heterocycles. The first kappa shape index (κ1) is 10.3. The smallest absolute Gasteiger partial charge is 0.245 e. The molecule has 0 saturated carbocycles. The van der Waals surface area contributed by atoms with Crippen LogP contribution < -0.4 is 5.32 Å². The summed E-state index contributed by atoms with van der Waals surface area (Å²) in [5, 5.41) is 6.75. The van der Waals surface area contributed by atoms with Crippen molar-refractivity contribution < 1.29 is 4.79 Å². The molecule has 0 spiro atoms. The minimum atomic E-state index is -0.322. The first-order valence-electron chi connectivity index (χ1n) is 4.38. The largest absolute Gasteiger partial charge is 0.343 e. The molecule has 74 valence electrons. The van der Waals surface area contributed by atoms with Gasteiger partial charge in [0.2, 0.25) is 5.91 Å². The van der Waals surface area contributed by atoms with E-state index in [1.165, 1.54) is 0 Å². The van der Waals surface area contributed by atoms with Crippen molar-refractivity contribution in [3.8, 4) is 12.3 Å². The van der Waals surface area contributed by atoms with E-state index in [0.717, 1.165) is 5.69 Å². The summed E-state index contributed by atoms with van der Waals surface area (Å²) in [6.07, 6.45) is 6.81. The number of rotatable bonds is 3. The topological polar surface area (TPSA) is 46.9 Å². The third-order valence-corrected chi connectivity index (χ3v) is 1.88. The van der Waals surface area contributed by atoms with E-state index < -0.39 is 0 Å². The van der Waals surface area contributed by atoms with Crippen molar-refractivity contribution >= 4 is 5.91 Å². The lowest BCUT2D eigenvalue weighted by molar-refractivity contribution is -0.123. The maximum Gasteiger partial charge on any atom is 0.245 e. The van der Waals surface area contributed by atoms with Crippen molar-refractivity contribution in [2.45, 2.75) is 19.9 Å². The standard InChI is InChI=1S/C10H13N3O/c1-4-6-11-10(14)9(3)13-7-5-8(2)12-13/h1,5,7,9H,6H2,2-3H3,(H,11,14). The number of carbonyl (C=O) groups is 1.